The highest BCUT2D eigenvalue weighted by Crippen LogP contribution is 2.27. The van der Waals surface area contributed by atoms with Crippen molar-refractivity contribution in [1.29, 1.82) is 5.26 Å². The van der Waals surface area contributed by atoms with Crippen LogP contribution in [0.2, 0.25) is 0 Å². The molecule has 1 N–H and O–H groups in total. The molecule has 108 valence electrons. The SMILES string of the molecule is CSC1CCCC(NCc2ccc(OCC#N)cc2)C1. The normalized spacial score (nSPS) is 22.2. The van der Waals surface area contributed by atoms with Crippen molar-refractivity contribution in [1.82, 2.24) is 5.32 Å². The molecule has 0 aromatic heterocycles. The molecule has 0 saturated heterocycles. The van der Waals surface area contributed by atoms with E-state index in [9.17, 15) is 0 Å². The third-order valence-electron chi connectivity index (χ3n) is 3.78. The number of nitrogens with one attached hydrogen (secondary N) is 1. The van der Waals surface area contributed by atoms with E-state index in [0.717, 1.165) is 17.5 Å². The first-order valence-electron chi connectivity index (χ1n) is 7.16. The molecule has 1 fully saturated rings. The fraction of sp³-hybridized carbons (Fsp3) is 0.562. The highest BCUT2D eigenvalue weighted by atomic mass is 32.2. The zero-order valence-electron chi connectivity index (χ0n) is 12.0. The van der Waals surface area contributed by atoms with Crippen molar-refractivity contribution >= 4 is 11.8 Å². The number of rotatable bonds is 6. The number of nitrogens with zero attached hydrogens (tertiary/aromatic N) is 1. The molecule has 1 aliphatic carbocycles. The van der Waals surface area contributed by atoms with Gasteiger partial charge < -0.3 is 10.1 Å². The van der Waals surface area contributed by atoms with E-state index < -0.39 is 0 Å². The van der Waals surface area contributed by atoms with E-state index >= 15 is 0 Å². The Labute approximate surface area is 125 Å². The van der Waals surface area contributed by atoms with Gasteiger partial charge in [0.25, 0.3) is 0 Å². The lowest BCUT2D eigenvalue weighted by atomic mass is 9.95. The van der Waals surface area contributed by atoms with Gasteiger partial charge in [0.2, 0.25) is 0 Å². The third kappa shape index (κ3) is 4.73. The Morgan fingerprint density at radius 3 is 2.85 bits per heavy atom. The van der Waals surface area contributed by atoms with Gasteiger partial charge in [0, 0.05) is 17.8 Å². The first-order chi connectivity index (χ1) is 9.81. The van der Waals surface area contributed by atoms with Crippen molar-refractivity contribution < 1.29 is 4.74 Å². The standard InChI is InChI=1S/C16H22N2OS/c1-20-16-4-2-3-14(11-16)18-12-13-5-7-15(8-6-13)19-10-9-17/h5-8,14,16,18H,2-4,10-12H2,1H3. The molecule has 2 unspecified atom stereocenters. The Kier molecular flexibility index (Phi) is 6.23. The summed E-state index contributed by atoms with van der Waals surface area (Å²) in [4.78, 5) is 0. The van der Waals surface area contributed by atoms with Crippen molar-refractivity contribution in [3.8, 4) is 11.8 Å². The molecule has 0 spiro atoms. The number of nitriles is 1. The van der Waals surface area contributed by atoms with Crippen molar-refractivity contribution in [3.63, 3.8) is 0 Å². The fourth-order valence-electron chi connectivity index (χ4n) is 2.63. The summed E-state index contributed by atoms with van der Waals surface area (Å²) in [5.74, 6) is 0.760. The highest BCUT2D eigenvalue weighted by Gasteiger charge is 2.20. The lowest BCUT2D eigenvalue weighted by Gasteiger charge is -2.28. The smallest absolute Gasteiger partial charge is 0.174 e. The zero-order chi connectivity index (χ0) is 14.2. The average molecular weight is 290 g/mol. The van der Waals surface area contributed by atoms with Crippen LogP contribution < -0.4 is 10.1 Å². The number of thioether (sulfide) groups is 1. The van der Waals surface area contributed by atoms with Gasteiger partial charge in [-0.25, -0.2) is 0 Å². The van der Waals surface area contributed by atoms with Crippen LogP contribution in [0.4, 0.5) is 0 Å². The summed E-state index contributed by atoms with van der Waals surface area (Å²) in [6.07, 6.45) is 7.49. The Balaban J connectivity index is 1.77. The minimum atomic E-state index is 0.107. The number of ether oxygens (including phenoxy) is 1. The largest absolute Gasteiger partial charge is 0.479 e. The average Bonchev–Trinajstić information content (AvgIpc) is 2.52. The van der Waals surface area contributed by atoms with E-state index in [2.05, 4.69) is 23.7 Å². The molecule has 1 saturated carbocycles. The number of hydrogen-bond acceptors (Lipinski definition) is 4. The molecule has 0 amide bonds. The second-order valence-corrected chi connectivity index (χ2v) is 6.33. The van der Waals surface area contributed by atoms with Gasteiger partial charge in [-0.3, -0.25) is 0 Å². The van der Waals surface area contributed by atoms with Crippen LogP contribution in [0, 0.1) is 11.3 Å². The maximum atomic E-state index is 8.47. The summed E-state index contributed by atoms with van der Waals surface area (Å²) < 4.78 is 5.25. The van der Waals surface area contributed by atoms with E-state index in [0.29, 0.717) is 6.04 Å². The summed E-state index contributed by atoms with van der Waals surface area (Å²) in [6.45, 7) is 1.01. The molecule has 1 aliphatic rings. The van der Waals surface area contributed by atoms with Crippen LogP contribution in [0.15, 0.2) is 24.3 Å². The molecule has 0 radical (unpaired) electrons. The Morgan fingerprint density at radius 1 is 1.35 bits per heavy atom. The van der Waals surface area contributed by atoms with Gasteiger partial charge in [-0.1, -0.05) is 18.6 Å². The topological polar surface area (TPSA) is 45.0 Å². The molecule has 20 heavy (non-hydrogen) atoms. The molecule has 0 aliphatic heterocycles. The first-order valence-corrected chi connectivity index (χ1v) is 8.45. The minimum absolute atomic E-state index is 0.107. The molecular weight excluding hydrogens is 268 g/mol. The van der Waals surface area contributed by atoms with Crippen LogP contribution in [-0.2, 0) is 6.54 Å². The van der Waals surface area contributed by atoms with Crippen molar-refractivity contribution in [2.24, 2.45) is 0 Å². The van der Waals surface area contributed by atoms with Crippen LogP contribution in [-0.4, -0.2) is 24.2 Å². The van der Waals surface area contributed by atoms with E-state index in [4.69, 9.17) is 10.00 Å². The monoisotopic (exact) mass is 290 g/mol. The predicted octanol–water partition coefficient (Wildman–Crippen LogP) is 3.35. The molecule has 2 atom stereocenters. The molecule has 2 rings (SSSR count). The molecule has 1 aromatic carbocycles. The molecule has 4 heteroatoms. The third-order valence-corrected chi connectivity index (χ3v) is 4.88. The number of hydrogen-bond donors (Lipinski definition) is 1. The molecule has 3 nitrogen and oxygen atoms in total. The van der Waals surface area contributed by atoms with Crippen LogP contribution in [0.5, 0.6) is 5.75 Å². The van der Waals surface area contributed by atoms with E-state index in [1.165, 1.54) is 31.2 Å². The van der Waals surface area contributed by atoms with Gasteiger partial charge >= 0.3 is 0 Å². The zero-order valence-corrected chi connectivity index (χ0v) is 12.8. The molecule has 0 heterocycles. The number of benzene rings is 1. The second kappa shape index (κ2) is 8.18. The molecule has 1 aromatic rings. The minimum Gasteiger partial charge on any atom is -0.479 e. The summed E-state index contributed by atoms with van der Waals surface area (Å²) >= 11 is 2.00. The van der Waals surface area contributed by atoms with E-state index in [-0.39, 0.29) is 6.61 Å². The molecular formula is C16H22N2OS. The molecule has 0 bridgehead atoms. The van der Waals surface area contributed by atoms with Gasteiger partial charge in [0.05, 0.1) is 0 Å². The van der Waals surface area contributed by atoms with Gasteiger partial charge in [0.1, 0.15) is 11.8 Å². The van der Waals surface area contributed by atoms with Crippen molar-refractivity contribution in [3.05, 3.63) is 29.8 Å². The fourth-order valence-corrected chi connectivity index (χ4v) is 3.45. The Bertz CT molecular complexity index is 441. The van der Waals surface area contributed by atoms with Gasteiger partial charge in [-0.05, 0) is 43.2 Å². The van der Waals surface area contributed by atoms with Crippen LogP contribution in [0.1, 0.15) is 31.2 Å². The van der Waals surface area contributed by atoms with Gasteiger partial charge in [0.15, 0.2) is 6.61 Å². The maximum absolute atomic E-state index is 8.47. The lowest BCUT2D eigenvalue weighted by Crippen LogP contribution is -2.34. The van der Waals surface area contributed by atoms with Crippen LogP contribution in [0.25, 0.3) is 0 Å². The second-order valence-electron chi connectivity index (χ2n) is 5.19. The Hall–Kier alpha value is -1.18. The van der Waals surface area contributed by atoms with Gasteiger partial charge in [-0.2, -0.15) is 17.0 Å². The summed E-state index contributed by atoms with van der Waals surface area (Å²) in [7, 11) is 0. The maximum Gasteiger partial charge on any atom is 0.174 e. The van der Waals surface area contributed by atoms with E-state index in [1.54, 1.807) is 0 Å². The van der Waals surface area contributed by atoms with Crippen molar-refractivity contribution in [2.75, 3.05) is 12.9 Å². The van der Waals surface area contributed by atoms with Gasteiger partial charge in [-0.15, -0.1) is 0 Å². The first kappa shape index (κ1) is 15.2. The summed E-state index contributed by atoms with van der Waals surface area (Å²) in [5, 5.41) is 12.9. The van der Waals surface area contributed by atoms with Crippen LogP contribution in [0.3, 0.4) is 0 Å². The summed E-state index contributed by atoms with van der Waals surface area (Å²) in [6, 6.07) is 10.6. The lowest BCUT2D eigenvalue weighted by molar-refractivity contribution is 0.367. The Morgan fingerprint density at radius 2 is 2.15 bits per heavy atom. The predicted molar refractivity (Wildman–Crippen MR) is 83.9 cm³/mol. The van der Waals surface area contributed by atoms with Crippen LogP contribution >= 0.6 is 11.8 Å². The van der Waals surface area contributed by atoms with Crippen molar-refractivity contribution in [2.45, 2.75) is 43.5 Å². The quantitative estimate of drug-likeness (QED) is 0.872. The summed E-state index contributed by atoms with van der Waals surface area (Å²) in [5.41, 5.74) is 1.26. The highest BCUT2D eigenvalue weighted by molar-refractivity contribution is 7.99. The van der Waals surface area contributed by atoms with E-state index in [1.807, 2.05) is 30.0 Å².